The number of ether oxygens (including phenoxy) is 2. The minimum Gasteiger partial charge on any atom is -0.494 e. The molecule has 26 heavy (non-hydrogen) atoms. The van der Waals surface area contributed by atoms with Gasteiger partial charge < -0.3 is 9.47 Å². The molecule has 5 heteroatoms. The Bertz CT molecular complexity index is 596. The summed E-state index contributed by atoms with van der Waals surface area (Å²) in [5.41, 5.74) is 1.31. The predicted octanol–water partition coefficient (Wildman–Crippen LogP) is 6.03. The Balaban J connectivity index is 1.87. The Hall–Kier alpha value is -1.33. The quantitative estimate of drug-likeness (QED) is 0.210. The zero-order valence-corrected chi connectivity index (χ0v) is 17.9. The van der Waals surface area contributed by atoms with Gasteiger partial charge in [-0.3, -0.25) is 4.79 Å². The minimum absolute atomic E-state index is 0.00155. The molecule has 3 nitrogen and oxygen atoms in total. The fourth-order valence-corrected chi connectivity index (χ4v) is 3.14. The summed E-state index contributed by atoms with van der Waals surface area (Å²) < 4.78 is 11.3. The second kappa shape index (κ2) is 12.1. The topological polar surface area (TPSA) is 35.5 Å². The van der Waals surface area contributed by atoms with E-state index in [1.807, 2.05) is 48.5 Å². The lowest BCUT2D eigenvalue weighted by Crippen LogP contribution is -2.03. The first-order valence-electron chi connectivity index (χ1n) is 8.87. The molecule has 0 aliphatic heterocycles. The third-order valence-corrected chi connectivity index (χ3v) is 4.95. The van der Waals surface area contributed by atoms with E-state index >= 15 is 0 Å². The van der Waals surface area contributed by atoms with E-state index in [1.165, 1.54) is 0 Å². The zero-order valence-electron chi connectivity index (χ0n) is 14.8. The van der Waals surface area contributed by atoms with Crippen molar-refractivity contribution < 1.29 is 14.3 Å². The highest BCUT2D eigenvalue weighted by Crippen LogP contribution is 2.18. The van der Waals surface area contributed by atoms with Crippen LogP contribution in [0.1, 0.15) is 41.6 Å². The van der Waals surface area contributed by atoms with Crippen LogP contribution in [0, 0.1) is 0 Å². The van der Waals surface area contributed by atoms with Crippen molar-refractivity contribution >= 4 is 37.6 Å². The Morgan fingerprint density at radius 2 is 1.04 bits per heavy atom. The smallest absolute Gasteiger partial charge is 0.193 e. The molecule has 0 fully saturated rings. The number of carbonyl (C=O) groups is 1. The molecule has 0 heterocycles. The highest BCUT2D eigenvalue weighted by atomic mass is 79.9. The summed E-state index contributed by atoms with van der Waals surface area (Å²) in [7, 11) is 0. The van der Waals surface area contributed by atoms with Gasteiger partial charge in [0.25, 0.3) is 0 Å². The molecule has 0 aliphatic rings. The van der Waals surface area contributed by atoms with Crippen LogP contribution >= 0.6 is 31.9 Å². The van der Waals surface area contributed by atoms with E-state index in [2.05, 4.69) is 31.9 Å². The first kappa shape index (κ1) is 21.0. The molecule has 0 saturated carbocycles. The van der Waals surface area contributed by atoms with Crippen molar-refractivity contribution in [1.82, 2.24) is 0 Å². The molecule has 0 saturated heterocycles. The van der Waals surface area contributed by atoms with Gasteiger partial charge in [-0.05, 0) is 74.2 Å². The van der Waals surface area contributed by atoms with Gasteiger partial charge in [0, 0.05) is 21.8 Å². The Labute approximate surface area is 172 Å². The van der Waals surface area contributed by atoms with E-state index in [1.54, 1.807) is 0 Å². The van der Waals surface area contributed by atoms with Crippen molar-refractivity contribution in [3.05, 3.63) is 59.7 Å². The summed E-state index contributed by atoms with van der Waals surface area (Å²) in [6, 6.07) is 14.6. The molecular formula is C21H24Br2O3. The molecule has 0 aliphatic carbocycles. The number of alkyl halides is 2. The number of halogens is 2. The van der Waals surface area contributed by atoms with Gasteiger partial charge in [-0.15, -0.1) is 0 Å². The molecule has 0 unspecified atom stereocenters. The van der Waals surface area contributed by atoms with E-state index in [4.69, 9.17) is 9.47 Å². The highest BCUT2D eigenvalue weighted by molar-refractivity contribution is 9.09. The molecule has 0 atom stereocenters. The SMILES string of the molecule is O=C(c1ccc(OCCCCBr)cc1)c1ccc(OCCCCBr)cc1. The van der Waals surface area contributed by atoms with Crippen molar-refractivity contribution in [2.75, 3.05) is 23.9 Å². The fraction of sp³-hybridized carbons (Fsp3) is 0.381. The van der Waals surface area contributed by atoms with Gasteiger partial charge >= 0.3 is 0 Å². The van der Waals surface area contributed by atoms with Gasteiger partial charge in [0.2, 0.25) is 0 Å². The molecule has 140 valence electrons. The van der Waals surface area contributed by atoms with Gasteiger partial charge in [0.15, 0.2) is 5.78 Å². The lowest BCUT2D eigenvalue weighted by Gasteiger charge is -2.08. The third-order valence-electron chi connectivity index (χ3n) is 3.83. The Kier molecular flexibility index (Phi) is 9.78. The van der Waals surface area contributed by atoms with Gasteiger partial charge in [-0.25, -0.2) is 0 Å². The van der Waals surface area contributed by atoms with E-state index < -0.39 is 0 Å². The monoisotopic (exact) mass is 482 g/mol. The summed E-state index contributed by atoms with van der Waals surface area (Å²) in [5, 5.41) is 1.98. The van der Waals surface area contributed by atoms with Crippen LogP contribution in [0.3, 0.4) is 0 Å². The van der Waals surface area contributed by atoms with Crippen molar-refractivity contribution in [3.63, 3.8) is 0 Å². The van der Waals surface area contributed by atoms with Gasteiger partial charge in [0.05, 0.1) is 13.2 Å². The first-order chi connectivity index (χ1) is 12.7. The van der Waals surface area contributed by atoms with Crippen molar-refractivity contribution in [1.29, 1.82) is 0 Å². The number of rotatable bonds is 12. The van der Waals surface area contributed by atoms with Crippen LogP contribution in [0.5, 0.6) is 11.5 Å². The van der Waals surface area contributed by atoms with E-state index in [0.717, 1.165) is 47.8 Å². The average Bonchev–Trinajstić information content (AvgIpc) is 2.69. The zero-order chi connectivity index (χ0) is 18.6. The fourth-order valence-electron chi connectivity index (χ4n) is 2.34. The molecule has 0 amide bonds. The maximum atomic E-state index is 12.6. The second-order valence-corrected chi connectivity index (χ2v) is 7.45. The Morgan fingerprint density at radius 3 is 1.38 bits per heavy atom. The normalized spacial score (nSPS) is 10.5. The summed E-state index contributed by atoms with van der Waals surface area (Å²) in [6.07, 6.45) is 4.20. The number of benzene rings is 2. The largest absolute Gasteiger partial charge is 0.494 e. The summed E-state index contributed by atoms with van der Waals surface area (Å²) in [4.78, 5) is 12.6. The molecule has 0 N–H and O–H groups in total. The van der Waals surface area contributed by atoms with E-state index in [9.17, 15) is 4.79 Å². The minimum atomic E-state index is 0.00155. The lowest BCUT2D eigenvalue weighted by molar-refractivity contribution is 0.103. The number of carbonyl (C=O) groups excluding carboxylic acids is 1. The van der Waals surface area contributed by atoms with Crippen LogP contribution in [0.2, 0.25) is 0 Å². The maximum Gasteiger partial charge on any atom is 0.193 e. The van der Waals surface area contributed by atoms with Crippen LogP contribution in [0.15, 0.2) is 48.5 Å². The van der Waals surface area contributed by atoms with Crippen molar-refractivity contribution in [2.24, 2.45) is 0 Å². The van der Waals surface area contributed by atoms with E-state index in [0.29, 0.717) is 24.3 Å². The molecule has 2 rings (SSSR count). The first-order valence-corrected chi connectivity index (χ1v) is 11.1. The maximum absolute atomic E-state index is 12.6. The van der Waals surface area contributed by atoms with Crippen molar-refractivity contribution in [2.45, 2.75) is 25.7 Å². The number of hydrogen-bond donors (Lipinski definition) is 0. The summed E-state index contributed by atoms with van der Waals surface area (Å²) >= 11 is 6.81. The second-order valence-electron chi connectivity index (χ2n) is 5.87. The molecule has 0 radical (unpaired) electrons. The third kappa shape index (κ3) is 7.12. The van der Waals surface area contributed by atoms with Gasteiger partial charge in [-0.1, -0.05) is 31.9 Å². The van der Waals surface area contributed by atoms with E-state index in [-0.39, 0.29) is 5.78 Å². The van der Waals surface area contributed by atoms with Crippen LogP contribution in [0.4, 0.5) is 0 Å². The number of unbranched alkanes of at least 4 members (excludes halogenated alkanes) is 2. The lowest BCUT2D eigenvalue weighted by atomic mass is 10.0. The predicted molar refractivity (Wildman–Crippen MR) is 113 cm³/mol. The van der Waals surface area contributed by atoms with Crippen LogP contribution in [-0.4, -0.2) is 29.7 Å². The highest BCUT2D eigenvalue weighted by Gasteiger charge is 2.09. The van der Waals surface area contributed by atoms with Gasteiger partial charge in [0.1, 0.15) is 11.5 Å². The standard InChI is InChI=1S/C21H24Br2O3/c22-13-1-3-15-25-19-9-5-17(6-10-19)21(24)18-7-11-20(12-8-18)26-16-4-2-14-23/h5-12H,1-4,13-16H2. The molecule has 2 aromatic rings. The Morgan fingerprint density at radius 1 is 0.654 bits per heavy atom. The number of hydrogen-bond acceptors (Lipinski definition) is 3. The van der Waals surface area contributed by atoms with Gasteiger partial charge in [-0.2, -0.15) is 0 Å². The van der Waals surface area contributed by atoms with Crippen LogP contribution in [0.25, 0.3) is 0 Å². The number of ketones is 1. The molecule has 0 aromatic heterocycles. The molecule has 2 aromatic carbocycles. The van der Waals surface area contributed by atoms with Crippen LogP contribution in [-0.2, 0) is 0 Å². The molecular weight excluding hydrogens is 460 g/mol. The average molecular weight is 484 g/mol. The molecule has 0 spiro atoms. The van der Waals surface area contributed by atoms with Crippen LogP contribution < -0.4 is 9.47 Å². The molecule has 0 bridgehead atoms. The summed E-state index contributed by atoms with van der Waals surface area (Å²) in [6.45, 7) is 1.38. The summed E-state index contributed by atoms with van der Waals surface area (Å²) in [5.74, 6) is 1.59. The van der Waals surface area contributed by atoms with Crippen molar-refractivity contribution in [3.8, 4) is 11.5 Å².